The summed E-state index contributed by atoms with van der Waals surface area (Å²) < 4.78 is 10.5. The number of esters is 2. The normalized spacial score (nSPS) is 22.9. The molecule has 0 saturated carbocycles. The highest BCUT2D eigenvalue weighted by atomic mass is 32.2. The van der Waals surface area contributed by atoms with Crippen molar-refractivity contribution in [2.45, 2.75) is 40.0 Å². The van der Waals surface area contributed by atoms with Gasteiger partial charge in [-0.1, -0.05) is 43.7 Å². The quantitative estimate of drug-likeness (QED) is 0.378. The van der Waals surface area contributed by atoms with E-state index in [2.05, 4.69) is 12.2 Å². The van der Waals surface area contributed by atoms with Crippen molar-refractivity contribution >= 4 is 29.5 Å². The molecule has 1 aliphatic heterocycles. The minimum atomic E-state index is -0.884. The van der Waals surface area contributed by atoms with Crippen LogP contribution in [0.25, 0.3) is 0 Å². The number of methoxy groups -OCH3 is 1. The van der Waals surface area contributed by atoms with E-state index in [1.54, 1.807) is 11.8 Å². The van der Waals surface area contributed by atoms with Crippen molar-refractivity contribution in [3.63, 3.8) is 0 Å². The van der Waals surface area contributed by atoms with Gasteiger partial charge in [0.2, 0.25) is 0 Å². The molecule has 1 heterocycles. The molecule has 0 spiro atoms. The van der Waals surface area contributed by atoms with Gasteiger partial charge < -0.3 is 14.8 Å². The summed E-state index contributed by atoms with van der Waals surface area (Å²) in [6.07, 6.45) is 0.524. The molecule has 6 nitrogen and oxygen atoms in total. The first-order chi connectivity index (χ1) is 15.3. The van der Waals surface area contributed by atoms with Crippen molar-refractivity contribution in [1.82, 2.24) is 5.32 Å². The minimum absolute atomic E-state index is 0.202. The number of rotatable bonds is 7. The zero-order chi connectivity index (χ0) is 23.4. The maximum atomic E-state index is 13.6. The average Bonchev–Trinajstić information content (AvgIpc) is 2.76. The monoisotopic (exact) mass is 457 g/mol. The van der Waals surface area contributed by atoms with E-state index < -0.39 is 23.8 Å². The van der Waals surface area contributed by atoms with Crippen LogP contribution < -0.4 is 5.32 Å². The number of thioether (sulfide) groups is 1. The predicted octanol–water partition coefficient (Wildman–Crippen LogP) is 3.90. The Balaban J connectivity index is 2.06. The van der Waals surface area contributed by atoms with E-state index in [4.69, 9.17) is 9.47 Å². The molecule has 0 radical (unpaired) electrons. The van der Waals surface area contributed by atoms with Crippen molar-refractivity contribution in [3.8, 4) is 0 Å². The van der Waals surface area contributed by atoms with Crippen LogP contribution in [0.5, 0.6) is 0 Å². The second kappa shape index (κ2) is 10.4. The lowest BCUT2D eigenvalue weighted by molar-refractivity contribution is -0.151. The second-order valence-electron chi connectivity index (χ2n) is 8.28. The van der Waals surface area contributed by atoms with E-state index in [-0.39, 0.29) is 11.7 Å². The van der Waals surface area contributed by atoms with E-state index in [1.165, 1.54) is 7.11 Å². The Kier molecular flexibility index (Phi) is 7.82. The van der Waals surface area contributed by atoms with Crippen LogP contribution in [-0.2, 0) is 23.9 Å². The predicted molar refractivity (Wildman–Crippen MR) is 125 cm³/mol. The van der Waals surface area contributed by atoms with Crippen LogP contribution in [0.2, 0.25) is 0 Å². The molecule has 32 heavy (non-hydrogen) atoms. The zero-order valence-corrected chi connectivity index (χ0v) is 20.1. The number of dihydropyridines is 1. The number of allylic oxidation sites excluding steroid dienone is 3. The van der Waals surface area contributed by atoms with Crippen LogP contribution in [0.4, 0.5) is 0 Å². The molecule has 1 aromatic rings. The van der Waals surface area contributed by atoms with E-state index >= 15 is 0 Å². The third-order valence-electron chi connectivity index (χ3n) is 6.04. The van der Waals surface area contributed by atoms with Gasteiger partial charge >= 0.3 is 11.9 Å². The summed E-state index contributed by atoms with van der Waals surface area (Å²) >= 11 is 1.70. The van der Waals surface area contributed by atoms with Crippen LogP contribution in [0.3, 0.4) is 0 Å². The zero-order valence-electron chi connectivity index (χ0n) is 19.3. The second-order valence-corrected chi connectivity index (χ2v) is 9.67. The lowest BCUT2D eigenvalue weighted by Gasteiger charge is -2.38. The Labute approximate surface area is 193 Å². The number of hydrogen-bond donors (Lipinski definition) is 1. The molecule has 1 aromatic carbocycles. The van der Waals surface area contributed by atoms with E-state index in [0.717, 1.165) is 22.6 Å². The van der Waals surface area contributed by atoms with Crippen LogP contribution in [0.15, 0.2) is 46.8 Å². The fourth-order valence-electron chi connectivity index (χ4n) is 4.46. The summed E-state index contributed by atoms with van der Waals surface area (Å²) in [7, 11) is 1.30. The van der Waals surface area contributed by atoms with Gasteiger partial charge in [-0.3, -0.25) is 9.59 Å². The number of ether oxygens (including phenoxy) is 2. The molecular formula is C25H31NO5S. The van der Waals surface area contributed by atoms with Gasteiger partial charge in [0.1, 0.15) is 12.5 Å². The van der Waals surface area contributed by atoms with Crippen LogP contribution >= 0.6 is 11.8 Å². The van der Waals surface area contributed by atoms with Crippen molar-refractivity contribution in [2.24, 2.45) is 11.8 Å². The molecule has 1 N–H and O–H groups in total. The van der Waals surface area contributed by atoms with Crippen molar-refractivity contribution in [1.29, 1.82) is 0 Å². The Hall–Kier alpha value is -2.54. The number of nitrogens with one attached hydrogen (secondary N) is 1. The molecule has 172 valence electrons. The smallest absolute Gasteiger partial charge is 0.336 e. The topological polar surface area (TPSA) is 81.7 Å². The molecule has 1 aliphatic carbocycles. The molecular weight excluding hydrogens is 426 g/mol. The van der Waals surface area contributed by atoms with Gasteiger partial charge in [0.05, 0.1) is 12.7 Å². The highest BCUT2D eigenvalue weighted by Gasteiger charge is 2.47. The molecule has 0 amide bonds. The van der Waals surface area contributed by atoms with Crippen molar-refractivity contribution < 1.29 is 23.9 Å². The summed E-state index contributed by atoms with van der Waals surface area (Å²) in [6, 6.07) is 7.78. The summed E-state index contributed by atoms with van der Waals surface area (Å²) in [5, 5.41) is 3.28. The first-order valence-electron chi connectivity index (χ1n) is 10.9. The highest BCUT2D eigenvalue weighted by Crippen LogP contribution is 2.45. The van der Waals surface area contributed by atoms with Crippen LogP contribution in [0, 0.1) is 18.8 Å². The van der Waals surface area contributed by atoms with E-state index in [1.807, 2.05) is 45.0 Å². The number of Topliss-reactive ketones (excluding diaryl/α,β-unsaturated/α-hetero) is 1. The maximum absolute atomic E-state index is 13.6. The molecule has 3 rings (SSSR count). The lowest BCUT2D eigenvalue weighted by atomic mass is 9.69. The van der Waals surface area contributed by atoms with Gasteiger partial charge in [-0.2, -0.15) is 11.8 Å². The molecule has 0 unspecified atom stereocenters. The van der Waals surface area contributed by atoms with Gasteiger partial charge in [-0.05, 0) is 37.5 Å². The third kappa shape index (κ3) is 4.77. The van der Waals surface area contributed by atoms with Gasteiger partial charge in [-0.15, -0.1) is 0 Å². The third-order valence-corrected chi connectivity index (χ3v) is 6.90. The summed E-state index contributed by atoms with van der Waals surface area (Å²) in [4.78, 5) is 39.2. The fourth-order valence-corrected chi connectivity index (χ4v) is 4.95. The average molecular weight is 458 g/mol. The number of ketones is 1. The SMILES string of the molecule is CCSCCOC(=O)C1=C(C)NC2=C(C(=O)[C@@H](C(=O)OC)[C@H](C)C2)[C@H]1c1ccc(C)cc1. The fraction of sp³-hybridized carbons (Fsp3) is 0.480. The molecule has 3 atom stereocenters. The van der Waals surface area contributed by atoms with Crippen molar-refractivity contribution in [3.05, 3.63) is 57.9 Å². The molecule has 0 fully saturated rings. The molecule has 0 aromatic heterocycles. The largest absolute Gasteiger partial charge is 0.468 e. The molecule has 7 heteroatoms. The number of carbonyl (C=O) groups is 3. The maximum Gasteiger partial charge on any atom is 0.336 e. The highest BCUT2D eigenvalue weighted by molar-refractivity contribution is 7.99. The van der Waals surface area contributed by atoms with Crippen molar-refractivity contribution in [2.75, 3.05) is 25.2 Å². The molecule has 0 saturated heterocycles. The first kappa shape index (κ1) is 24.1. The summed E-state index contributed by atoms with van der Waals surface area (Å²) in [5.41, 5.74) is 4.23. The summed E-state index contributed by atoms with van der Waals surface area (Å²) in [5.74, 6) is -1.28. The Morgan fingerprint density at radius 2 is 1.88 bits per heavy atom. The molecule has 0 bridgehead atoms. The lowest BCUT2D eigenvalue weighted by Crippen LogP contribution is -2.43. The van der Waals surface area contributed by atoms with Crippen LogP contribution in [-0.4, -0.2) is 42.9 Å². The molecule has 2 aliphatic rings. The van der Waals surface area contributed by atoms with Crippen LogP contribution in [0.1, 0.15) is 44.2 Å². The Bertz CT molecular complexity index is 963. The Morgan fingerprint density at radius 1 is 1.19 bits per heavy atom. The standard InChI is InChI=1S/C25H31NO5S/c1-6-32-12-11-31-25(29)20-16(4)26-18-13-15(3)19(24(28)30-5)23(27)22(18)21(20)17-9-7-14(2)8-10-17/h7-10,15,19,21,26H,6,11-13H2,1-5H3/t15-,19+,21+/m1/s1. The number of aryl methyl sites for hydroxylation is 1. The summed E-state index contributed by atoms with van der Waals surface area (Å²) in [6.45, 7) is 8.05. The van der Waals surface area contributed by atoms with Gasteiger partial charge in [0, 0.05) is 28.6 Å². The van der Waals surface area contributed by atoms with E-state index in [0.29, 0.717) is 35.6 Å². The van der Waals surface area contributed by atoms with E-state index in [9.17, 15) is 14.4 Å². The first-order valence-corrected chi connectivity index (χ1v) is 12.1. The number of hydrogen-bond acceptors (Lipinski definition) is 7. The number of benzene rings is 1. The number of carbonyl (C=O) groups excluding carboxylic acids is 3. The minimum Gasteiger partial charge on any atom is -0.468 e. The Morgan fingerprint density at radius 3 is 2.50 bits per heavy atom. The van der Waals surface area contributed by atoms with Gasteiger partial charge in [-0.25, -0.2) is 4.79 Å². The van der Waals surface area contributed by atoms with Gasteiger partial charge in [0.25, 0.3) is 0 Å². The van der Waals surface area contributed by atoms with Gasteiger partial charge in [0.15, 0.2) is 5.78 Å².